The highest BCUT2D eigenvalue weighted by atomic mass is 32.2. The summed E-state index contributed by atoms with van der Waals surface area (Å²) in [5.41, 5.74) is 8.66. The number of hydrogen-bond donors (Lipinski definition) is 2. The summed E-state index contributed by atoms with van der Waals surface area (Å²) in [6.07, 6.45) is 5.50. The number of amides is 1. The maximum atomic E-state index is 12.0. The molecule has 3 aromatic rings. The predicted molar refractivity (Wildman–Crippen MR) is 122 cm³/mol. The first-order chi connectivity index (χ1) is 14.6. The summed E-state index contributed by atoms with van der Waals surface area (Å²) in [5, 5.41) is 14.6. The molecule has 6 nitrogen and oxygen atoms in total. The average molecular weight is 440 g/mol. The van der Waals surface area contributed by atoms with Crippen molar-refractivity contribution in [2.75, 3.05) is 11.9 Å². The van der Waals surface area contributed by atoms with E-state index in [4.69, 9.17) is 5.73 Å². The van der Waals surface area contributed by atoms with Crippen molar-refractivity contribution < 1.29 is 4.79 Å². The van der Waals surface area contributed by atoms with E-state index >= 15 is 0 Å². The number of aromatic nitrogens is 3. The van der Waals surface area contributed by atoms with Gasteiger partial charge in [-0.3, -0.25) is 9.36 Å². The lowest BCUT2D eigenvalue weighted by atomic mass is 10.1. The molecule has 2 aromatic heterocycles. The summed E-state index contributed by atoms with van der Waals surface area (Å²) >= 11 is 3.40. The fourth-order valence-electron chi connectivity index (χ4n) is 4.03. The van der Waals surface area contributed by atoms with Gasteiger partial charge in [0, 0.05) is 28.3 Å². The molecule has 5 rings (SSSR count). The average Bonchev–Trinajstić information content (AvgIpc) is 3.17. The lowest BCUT2D eigenvalue weighted by Gasteiger charge is -2.15. The highest BCUT2D eigenvalue weighted by Gasteiger charge is 2.31. The molecular weight excluding hydrogens is 414 g/mol. The number of para-hydroxylation sites is 1. The van der Waals surface area contributed by atoms with Gasteiger partial charge in [0.1, 0.15) is 10.8 Å². The Labute approximate surface area is 184 Å². The van der Waals surface area contributed by atoms with E-state index in [0.29, 0.717) is 11.5 Å². The Morgan fingerprint density at radius 2 is 2.10 bits per heavy atom. The second-order valence-corrected chi connectivity index (χ2v) is 10.5. The molecular formula is C22H25N5OS2. The number of nitrogens with two attached hydrogens (primary N) is 1. The Balaban J connectivity index is 1.32. The third-order valence-corrected chi connectivity index (χ3v) is 7.93. The van der Waals surface area contributed by atoms with Crippen molar-refractivity contribution in [3.63, 3.8) is 0 Å². The number of hydrogen-bond acceptors (Lipinski definition) is 6. The zero-order valence-electron chi connectivity index (χ0n) is 16.9. The quantitative estimate of drug-likeness (QED) is 0.509. The van der Waals surface area contributed by atoms with E-state index in [0.717, 1.165) is 53.0 Å². The molecule has 2 heterocycles. The lowest BCUT2D eigenvalue weighted by molar-refractivity contribution is 0.100. The second-order valence-electron chi connectivity index (χ2n) is 8.02. The third kappa shape index (κ3) is 3.74. The van der Waals surface area contributed by atoms with E-state index < -0.39 is 0 Å². The lowest BCUT2D eigenvalue weighted by Crippen LogP contribution is -2.18. The first kappa shape index (κ1) is 19.6. The predicted octanol–water partition coefficient (Wildman–Crippen LogP) is 4.39. The third-order valence-electron chi connectivity index (χ3n) is 5.64. The number of carbonyl (C=O) groups excluding carboxylic acids is 1. The van der Waals surface area contributed by atoms with Crippen molar-refractivity contribution in [3.8, 4) is 5.69 Å². The van der Waals surface area contributed by atoms with Gasteiger partial charge in [-0.05, 0) is 49.8 Å². The summed E-state index contributed by atoms with van der Waals surface area (Å²) in [7, 11) is 0. The molecule has 2 aliphatic carbocycles. The van der Waals surface area contributed by atoms with Crippen molar-refractivity contribution in [2.24, 2.45) is 5.73 Å². The Morgan fingerprint density at radius 1 is 1.30 bits per heavy atom. The van der Waals surface area contributed by atoms with Crippen molar-refractivity contribution in [1.82, 2.24) is 14.8 Å². The number of aryl methyl sites for hydroxylation is 1. The number of thioether (sulfide) groups is 1. The normalized spacial score (nSPS) is 16.4. The van der Waals surface area contributed by atoms with Crippen molar-refractivity contribution in [1.29, 1.82) is 0 Å². The Kier molecular flexibility index (Phi) is 5.28. The summed E-state index contributed by atoms with van der Waals surface area (Å²) in [5.74, 6) is 1.26. The molecule has 30 heavy (non-hydrogen) atoms. The molecule has 0 spiro atoms. The van der Waals surface area contributed by atoms with Crippen LogP contribution in [0.25, 0.3) is 5.69 Å². The molecule has 1 atom stereocenters. The van der Waals surface area contributed by atoms with Crippen molar-refractivity contribution in [3.05, 3.63) is 52.2 Å². The van der Waals surface area contributed by atoms with Crippen LogP contribution in [0.5, 0.6) is 0 Å². The highest BCUT2D eigenvalue weighted by Crippen LogP contribution is 2.42. The van der Waals surface area contributed by atoms with E-state index in [-0.39, 0.29) is 11.2 Å². The van der Waals surface area contributed by atoms with Gasteiger partial charge >= 0.3 is 0 Å². The molecule has 1 saturated carbocycles. The van der Waals surface area contributed by atoms with Gasteiger partial charge in [0.25, 0.3) is 5.91 Å². The molecule has 0 radical (unpaired) electrons. The number of thiophene rings is 1. The van der Waals surface area contributed by atoms with Crippen LogP contribution in [0.15, 0.2) is 35.5 Å². The van der Waals surface area contributed by atoms with E-state index in [2.05, 4.69) is 39.1 Å². The Hall–Kier alpha value is -2.32. The fraction of sp³-hybridized carbons (Fsp3) is 0.409. The SMILES string of the molecule is CC(CNc1sc2c(c1C(N)=O)CCC2)Sc1nnc(C2CC2)n1-c1ccccc1. The van der Waals surface area contributed by atoms with Crippen LogP contribution < -0.4 is 11.1 Å². The molecule has 0 bridgehead atoms. The number of carbonyl (C=O) groups is 1. The van der Waals surface area contributed by atoms with Crippen LogP contribution in [-0.2, 0) is 12.8 Å². The summed E-state index contributed by atoms with van der Waals surface area (Å²) in [4.78, 5) is 13.3. The fourth-order valence-corrected chi connectivity index (χ4v) is 6.25. The molecule has 8 heteroatoms. The number of rotatable bonds is 8. The second kappa shape index (κ2) is 8.07. The highest BCUT2D eigenvalue weighted by molar-refractivity contribution is 7.99. The molecule has 1 fully saturated rings. The van der Waals surface area contributed by atoms with Crippen LogP contribution in [0.2, 0.25) is 0 Å². The first-order valence-corrected chi connectivity index (χ1v) is 12.2. The van der Waals surface area contributed by atoms with E-state index in [9.17, 15) is 4.79 Å². The van der Waals surface area contributed by atoms with Crippen LogP contribution in [0, 0.1) is 0 Å². The monoisotopic (exact) mass is 439 g/mol. The van der Waals surface area contributed by atoms with Crippen LogP contribution >= 0.6 is 23.1 Å². The van der Waals surface area contributed by atoms with Gasteiger partial charge in [0.2, 0.25) is 0 Å². The smallest absolute Gasteiger partial charge is 0.251 e. The number of nitrogens with zero attached hydrogens (tertiary/aromatic N) is 3. The minimum absolute atomic E-state index is 0.251. The van der Waals surface area contributed by atoms with Crippen LogP contribution in [0.4, 0.5) is 5.00 Å². The van der Waals surface area contributed by atoms with Gasteiger partial charge in [-0.2, -0.15) is 0 Å². The number of benzene rings is 1. The van der Waals surface area contributed by atoms with Gasteiger partial charge in [0.15, 0.2) is 5.16 Å². The van der Waals surface area contributed by atoms with Crippen LogP contribution in [0.1, 0.15) is 58.7 Å². The van der Waals surface area contributed by atoms with Crippen LogP contribution in [0.3, 0.4) is 0 Å². The van der Waals surface area contributed by atoms with E-state index in [1.807, 2.05) is 18.2 Å². The minimum Gasteiger partial charge on any atom is -0.375 e. The van der Waals surface area contributed by atoms with Gasteiger partial charge in [-0.25, -0.2) is 0 Å². The van der Waals surface area contributed by atoms with E-state index in [1.165, 1.54) is 17.7 Å². The number of primary amides is 1. The zero-order valence-corrected chi connectivity index (χ0v) is 18.6. The standard InChI is InChI=1S/C22H25N5OS2/c1-13(12-24-21-18(19(23)28)16-8-5-9-17(16)30-21)29-22-26-25-20(14-10-11-14)27(22)15-6-3-2-4-7-15/h2-4,6-7,13-14,24H,5,8-12H2,1H3,(H2,23,28). The number of anilines is 1. The summed E-state index contributed by atoms with van der Waals surface area (Å²) in [6.45, 7) is 2.90. The van der Waals surface area contributed by atoms with Gasteiger partial charge in [0.05, 0.1) is 5.56 Å². The number of fused-ring (bicyclic) bond motifs is 1. The molecule has 1 aromatic carbocycles. The van der Waals surface area contributed by atoms with Crippen molar-refractivity contribution in [2.45, 2.75) is 55.4 Å². The van der Waals surface area contributed by atoms with Gasteiger partial charge in [-0.15, -0.1) is 21.5 Å². The zero-order chi connectivity index (χ0) is 20.7. The van der Waals surface area contributed by atoms with Crippen molar-refractivity contribution >= 4 is 34.0 Å². The molecule has 1 amide bonds. The molecule has 0 aliphatic heterocycles. The first-order valence-electron chi connectivity index (χ1n) is 10.5. The summed E-state index contributed by atoms with van der Waals surface area (Å²) in [6, 6.07) is 10.3. The molecule has 0 saturated heterocycles. The van der Waals surface area contributed by atoms with E-state index in [1.54, 1.807) is 23.1 Å². The number of nitrogens with one attached hydrogen (secondary N) is 1. The Bertz CT molecular complexity index is 1070. The van der Waals surface area contributed by atoms with Gasteiger partial charge in [-0.1, -0.05) is 36.9 Å². The molecule has 2 aliphatic rings. The largest absolute Gasteiger partial charge is 0.375 e. The Morgan fingerprint density at radius 3 is 2.83 bits per heavy atom. The molecule has 3 N–H and O–H groups in total. The van der Waals surface area contributed by atoms with Gasteiger partial charge < -0.3 is 11.1 Å². The maximum absolute atomic E-state index is 12.0. The van der Waals surface area contributed by atoms with Crippen LogP contribution in [-0.4, -0.2) is 32.5 Å². The maximum Gasteiger partial charge on any atom is 0.251 e. The minimum atomic E-state index is -0.324. The summed E-state index contributed by atoms with van der Waals surface area (Å²) < 4.78 is 2.20. The molecule has 1 unspecified atom stereocenters. The topological polar surface area (TPSA) is 85.8 Å². The molecule has 156 valence electrons.